The minimum atomic E-state index is -1.000. The highest BCUT2D eigenvalue weighted by Gasteiger charge is 2.36. The number of rotatable bonds is 6. The van der Waals surface area contributed by atoms with Crippen LogP contribution in [0.3, 0.4) is 0 Å². The smallest absolute Gasteiger partial charge is 0.410 e. The van der Waals surface area contributed by atoms with Crippen LogP contribution in [0, 0.1) is 6.92 Å². The number of amides is 4. The number of anilines is 1. The number of nitrogens with one attached hydrogen (secondary N) is 2. The number of piperazine rings is 1. The number of urea groups is 1. The van der Waals surface area contributed by atoms with E-state index in [4.69, 9.17) is 27.9 Å². The van der Waals surface area contributed by atoms with E-state index < -0.39 is 12.2 Å². The Morgan fingerprint density at radius 2 is 1.57 bits per heavy atom. The Morgan fingerprint density at radius 3 is 2.26 bits per heavy atom. The van der Waals surface area contributed by atoms with Crippen molar-refractivity contribution in [1.29, 1.82) is 0 Å². The lowest BCUT2D eigenvalue weighted by Crippen LogP contribution is -2.56. The predicted octanol–water partition coefficient (Wildman–Crippen LogP) is 4.80. The summed E-state index contributed by atoms with van der Waals surface area (Å²) in [5.74, 6) is -0.193. The van der Waals surface area contributed by atoms with E-state index in [1.807, 2.05) is 41.0 Å². The van der Waals surface area contributed by atoms with Gasteiger partial charge in [-0.05, 0) is 87.0 Å². The fourth-order valence-corrected chi connectivity index (χ4v) is 7.72. The zero-order valence-corrected chi connectivity index (χ0v) is 28.0. The lowest BCUT2D eigenvalue weighted by Gasteiger charge is -2.41. The van der Waals surface area contributed by atoms with E-state index in [9.17, 15) is 14.4 Å². The molecule has 2 aromatic carbocycles. The molecule has 4 heterocycles. The number of para-hydroxylation sites is 1. The summed E-state index contributed by atoms with van der Waals surface area (Å²) in [6.07, 6.45) is 2.97. The van der Waals surface area contributed by atoms with Gasteiger partial charge in [0.1, 0.15) is 0 Å². The first-order valence-corrected chi connectivity index (χ1v) is 17.3. The molecule has 3 saturated heterocycles. The van der Waals surface area contributed by atoms with Gasteiger partial charge in [0.15, 0.2) is 6.10 Å². The van der Waals surface area contributed by atoms with Crippen LogP contribution < -0.4 is 10.6 Å². The van der Waals surface area contributed by atoms with Crippen molar-refractivity contribution in [3.8, 4) is 0 Å². The first kappa shape index (κ1) is 32.9. The summed E-state index contributed by atoms with van der Waals surface area (Å²) in [4.78, 5) is 48.4. The van der Waals surface area contributed by atoms with Crippen LogP contribution in [0.25, 0.3) is 0 Å². The number of ether oxygens (including phenoxy) is 1. The molecular formula is C34H44Cl2N6O4. The maximum absolute atomic E-state index is 13.9. The molecule has 1 atom stereocenters. The second kappa shape index (κ2) is 14.8. The molecule has 0 radical (unpaired) electrons. The van der Waals surface area contributed by atoms with Crippen molar-refractivity contribution in [3.05, 3.63) is 63.1 Å². The molecule has 4 aliphatic rings. The molecule has 4 amide bonds. The Bertz CT molecular complexity index is 1400. The average molecular weight is 672 g/mol. The summed E-state index contributed by atoms with van der Waals surface area (Å²) in [6.45, 7) is 8.22. The van der Waals surface area contributed by atoms with Gasteiger partial charge in [0.2, 0.25) is 0 Å². The van der Waals surface area contributed by atoms with Gasteiger partial charge in [-0.15, -0.1) is 0 Å². The molecule has 0 aliphatic carbocycles. The van der Waals surface area contributed by atoms with Crippen molar-refractivity contribution in [2.75, 3.05) is 64.2 Å². The van der Waals surface area contributed by atoms with Gasteiger partial charge in [0, 0.05) is 80.1 Å². The van der Waals surface area contributed by atoms with E-state index in [2.05, 4.69) is 15.5 Å². The molecule has 1 unspecified atom stereocenters. The first-order chi connectivity index (χ1) is 22.3. The SMILES string of the molecule is Cc1c(Cl)cc(CC(OC(=O)N2CCC(N3CCc4ccccc4NC3=O)CC2)C(=O)N2CCN(C3CCNCC3)CC2)cc1Cl. The molecular weight excluding hydrogens is 627 g/mol. The van der Waals surface area contributed by atoms with Crippen molar-refractivity contribution >= 4 is 46.9 Å². The van der Waals surface area contributed by atoms with E-state index in [-0.39, 0.29) is 24.4 Å². The fourth-order valence-electron chi connectivity index (χ4n) is 7.19. The molecule has 248 valence electrons. The Kier molecular flexibility index (Phi) is 10.6. The molecule has 3 fully saturated rings. The van der Waals surface area contributed by atoms with E-state index in [0.29, 0.717) is 61.7 Å². The lowest BCUT2D eigenvalue weighted by atomic mass is 10.0. The zero-order valence-electron chi connectivity index (χ0n) is 26.5. The summed E-state index contributed by atoms with van der Waals surface area (Å²) in [7, 11) is 0. The lowest BCUT2D eigenvalue weighted by molar-refractivity contribution is -0.143. The third-order valence-corrected chi connectivity index (χ3v) is 10.8. The number of piperidine rings is 2. The van der Waals surface area contributed by atoms with Gasteiger partial charge in [-0.3, -0.25) is 9.69 Å². The van der Waals surface area contributed by atoms with Gasteiger partial charge in [-0.1, -0.05) is 41.4 Å². The second-order valence-electron chi connectivity index (χ2n) is 12.9. The van der Waals surface area contributed by atoms with E-state index >= 15 is 0 Å². The van der Waals surface area contributed by atoms with Crippen LogP contribution in [0.4, 0.5) is 15.3 Å². The molecule has 12 heteroatoms. The molecule has 0 aromatic heterocycles. The van der Waals surface area contributed by atoms with Gasteiger partial charge < -0.3 is 30.1 Å². The topological polar surface area (TPSA) is 97.5 Å². The highest BCUT2D eigenvalue weighted by molar-refractivity contribution is 6.36. The molecule has 4 aliphatic heterocycles. The third-order valence-electron chi connectivity index (χ3n) is 10.0. The summed E-state index contributed by atoms with van der Waals surface area (Å²) in [5.41, 5.74) is 3.49. The first-order valence-electron chi connectivity index (χ1n) is 16.6. The maximum atomic E-state index is 13.9. The molecule has 10 nitrogen and oxygen atoms in total. The summed E-state index contributed by atoms with van der Waals surface area (Å²) >= 11 is 12.9. The predicted molar refractivity (Wildman–Crippen MR) is 180 cm³/mol. The quantitative estimate of drug-likeness (QED) is 0.458. The van der Waals surface area contributed by atoms with Gasteiger partial charge in [0.25, 0.3) is 5.91 Å². The second-order valence-corrected chi connectivity index (χ2v) is 13.7. The number of carbonyl (C=O) groups excluding carboxylic acids is 3. The molecule has 0 spiro atoms. The maximum Gasteiger partial charge on any atom is 0.410 e. The number of nitrogens with zero attached hydrogens (tertiary/aromatic N) is 4. The molecule has 2 aromatic rings. The number of benzene rings is 2. The van der Waals surface area contributed by atoms with Gasteiger partial charge in [-0.25, -0.2) is 9.59 Å². The number of likely N-dealkylation sites (tertiary alicyclic amines) is 1. The molecule has 2 N–H and O–H groups in total. The molecule has 46 heavy (non-hydrogen) atoms. The van der Waals surface area contributed by atoms with Crippen LogP contribution >= 0.6 is 23.2 Å². The largest absolute Gasteiger partial charge is 0.436 e. The summed E-state index contributed by atoms with van der Waals surface area (Å²) < 4.78 is 6.02. The van der Waals surface area contributed by atoms with Crippen molar-refractivity contribution < 1.29 is 19.1 Å². The number of halogens is 2. The number of carbonyl (C=O) groups is 3. The van der Waals surface area contributed by atoms with Crippen molar-refractivity contribution in [1.82, 2.24) is 24.9 Å². The van der Waals surface area contributed by atoms with E-state index in [0.717, 1.165) is 67.8 Å². The van der Waals surface area contributed by atoms with E-state index in [1.165, 1.54) is 0 Å². The van der Waals surface area contributed by atoms with Crippen molar-refractivity contribution in [2.45, 2.75) is 63.6 Å². The number of hydrogen-bond acceptors (Lipinski definition) is 6. The van der Waals surface area contributed by atoms with Crippen LogP contribution in [-0.4, -0.2) is 115 Å². The number of hydrogen-bond donors (Lipinski definition) is 2. The minimum absolute atomic E-state index is 0.0175. The van der Waals surface area contributed by atoms with Crippen molar-refractivity contribution in [3.63, 3.8) is 0 Å². The van der Waals surface area contributed by atoms with Crippen LogP contribution in [0.15, 0.2) is 36.4 Å². The zero-order chi connectivity index (χ0) is 32.2. The van der Waals surface area contributed by atoms with Gasteiger partial charge in [-0.2, -0.15) is 0 Å². The van der Waals surface area contributed by atoms with Gasteiger partial charge in [0.05, 0.1) is 0 Å². The summed E-state index contributed by atoms with van der Waals surface area (Å²) in [5, 5.41) is 7.49. The Balaban J connectivity index is 1.09. The molecule has 6 rings (SSSR count). The normalized spacial score (nSPS) is 20.9. The van der Waals surface area contributed by atoms with Gasteiger partial charge >= 0.3 is 12.1 Å². The van der Waals surface area contributed by atoms with Crippen LogP contribution in [0.5, 0.6) is 0 Å². The average Bonchev–Trinajstić information content (AvgIpc) is 3.25. The van der Waals surface area contributed by atoms with Crippen LogP contribution in [-0.2, 0) is 22.4 Å². The number of fused-ring (bicyclic) bond motifs is 1. The minimum Gasteiger partial charge on any atom is -0.436 e. The van der Waals surface area contributed by atoms with Crippen LogP contribution in [0.2, 0.25) is 10.0 Å². The monoisotopic (exact) mass is 670 g/mol. The highest BCUT2D eigenvalue weighted by atomic mass is 35.5. The Hall–Kier alpha value is -3.05. The standard InChI is InChI=1S/C34H44Cl2N6O4/c1-23-28(35)20-24(21-29(23)36)22-31(32(43)40-18-16-39(17-19-40)26-6-11-37-12-7-26)46-34(45)41-13-9-27(10-14-41)42-15-8-25-4-2-3-5-30(25)38-33(42)44/h2-5,20-21,26-27,31,37H,6-19,22H2,1H3,(H,38,44). The van der Waals surface area contributed by atoms with E-state index in [1.54, 1.807) is 17.0 Å². The van der Waals surface area contributed by atoms with Crippen LogP contribution in [0.1, 0.15) is 42.4 Å². The highest BCUT2D eigenvalue weighted by Crippen LogP contribution is 2.28. The molecule has 0 bridgehead atoms. The fraction of sp³-hybridized carbons (Fsp3) is 0.559. The summed E-state index contributed by atoms with van der Waals surface area (Å²) in [6, 6.07) is 11.9. The van der Waals surface area contributed by atoms with Crippen molar-refractivity contribution in [2.24, 2.45) is 0 Å². The molecule has 0 saturated carbocycles. The third kappa shape index (κ3) is 7.56. The Morgan fingerprint density at radius 1 is 0.891 bits per heavy atom. The Labute approximate surface area is 281 Å².